The van der Waals surface area contributed by atoms with E-state index in [-0.39, 0.29) is 23.8 Å². The molecule has 0 bridgehead atoms. The number of benzene rings is 2. The first kappa shape index (κ1) is 29.0. The number of aryl methyl sites for hydroxylation is 1. The highest BCUT2D eigenvalue weighted by Crippen LogP contribution is 2.33. The summed E-state index contributed by atoms with van der Waals surface area (Å²) in [7, 11) is 0. The van der Waals surface area contributed by atoms with Gasteiger partial charge < -0.3 is 25.4 Å². The minimum absolute atomic E-state index is 0.131. The molecule has 0 fully saturated rings. The Balaban J connectivity index is 2.50. The number of nitrogens with zero attached hydrogens (tertiary/aromatic N) is 1. The second-order valence-corrected chi connectivity index (χ2v) is 10.3. The van der Waals surface area contributed by atoms with Gasteiger partial charge in [0.2, 0.25) is 5.91 Å². The molecule has 2 unspecified atom stereocenters. The highest BCUT2D eigenvalue weighted by molar-refractivity contribution is 6.34. The van der Waals surface area contributed by atoms with Gasteiger partial charge in [-0.1, -0.05) is 55.8 Å². The topological polar surface area (TPSA) is 108 Å². The van der Waals surface area contributed by atoms with E-state index < -0.39 is 35.6 Å². The van der Waals surface area contributed by atoms with Crippen molar-refractivity contribution in [2.75, 3.05) is 11.9 Å². The number of hydrogen-bond donors (Lipinski definition) is 3. The number of alkyl carbamates (subject to hydrolysis) is 1. The van der Waals surface area contributed by atoms with E-state index in [0.717, 1.165) is 5.56 Å². The lowest BCUT2D eigenvalue weighted by atomic mass is 9.98. The minimum atomic E-state index is -1.19. The van der Waals surface area contributed by atoms with Crippen molar-refractivity contribution in [1.82, 2.24) is 10.2 Å². The molecular formula is C27H36ClN3O5. The molecule has 2 atom stereocenters. The first-order valence-corrected chi connectivity index (χ1v) is 12.3. The third-order valence-corrected chi connectivity index (χ3v) is 5.81. The van der Waals surface area contributed by atoms with Crippen LogP contribution in [0.5, 0.6) is 5.75 Å². The van der Waals surface area contributed by atoms with Gasteiger partial charge in [-0.25, -0.2) is 4.79 Å². The normalized spacial score (nSPS) is 13.0. The number of amides is 3. The fourth-order valence-corrected chi connectivity index (χ4v) is 4.01. The molecule has 2 aromatic carbocycles. The van der Waals surface area contributed by atoms with E-state index in [0.29, 0.717) is 10.7 Å². The van der Waals surface area contributed by atoms with Crippen LogP contribution >= 0.6 is 11.6 Å². The number of likely N-dealkylation sites (N-methyl/N-ethyl adjacent to an activating group) is 1. The van der Waals surface area contributed by atoms with Crippen LogP contribution < -0.4 is 10.6 Å². The fraction of sp³-hybridized carbons (Fsp3) is 0.444. The van der Waals surface area contributed by atoms with Crippen LogP contribution in [0.1, 0.15) is 58.7 Å². The number of nitrogens with one attached hydrogen (secondary N) is 2. The summed E-state index contributed by atoms with van der Waals surface area (Å²) in [6.07, 6.45) is -0.735. The van der Waals surface area contributed by atoms with Crippen LogP contribution in [0.15, 0.2) is 42.5 Å². The third-order valence-electron chi connectivity index (χ3n) is 5.49. The van der Waals surface area contributed by atoms with Crippen LogP contribution in [0.4, 0.5) is 10.5 Å². The van der Waals surface area contributed by atoms with Crippen molar-refractivity contribution in [2.24, 2.45) is 5.92 Å². The number of halogens is 1. The van der Waals surface area contributed by atoms with Gasteiger partial charge in [0.25, 0.3) is 5.91 Å². The van der Waals surface area contributed by atoms with Crippen LogP contribution in [0.2, 0.25) is 5.02 Å². The van der Waals surface area contributed by atoms with E-state index in [1.807, 2.05) is 0 Å². The molecule has 0 aliphatic carbocycles. The third kappa shape index (κ3) is 7.37. The molecule has 2 aromatic rings. The maximum Gasteiger partial charge on any atom is 0.408 e. The lowest BCUT2D eigenvalue weighted by Gasteiger charge is -2.35. The van der Waals surface area contributed by atoms with Gasteiger partial charge in [-0.05, 0) is 58.2 Å². The van der Waals surface area contributed by atoms with Crippen molar-refractivity contribution in [1.29, 1.82) is 0 Å². The molecular weight excluding hydrogens is 482 g/mol. The minimum Gasteiger partial charge on any atom is -0.508 e. The monoisotopic (exact) mass is 517 g/mol. The van der Waals surface area contributed by atoms with Crippen LogP contribution in [0, 0.1) is 12.8 Å². The summed E-state index contributed by atoms with van der Waals surface area (Å²) < 4.78 is 5.34. The summed E-state index contributed by atoms with van der Waals surface area (Å²) in [5.74, 6) is -1.49. The van der Waals surface area contributed by atoms with Gasteiger partial charge in [0.15, 0.2) is 0 Å². The van der Waals surface area contributed by atoms with Crippen molar-refractivity contribution in [3.63, 3.8) is 0 Å². The maximum absolute atomic E-state index is 13.8. The number of carbonyl (C=O) groups excluding carboxylic acids is 3. The predicted octanol–water partition coefficient (Wildman–Crippen LogP) is 5.43. The molecule has 0 aliphatic heterocycles. The Labute approximate surface area is 218 Å². The van der Waals surface area contributed by atoms with Crippen LogP contribution in [-0.2, 0) is 14.3 Å². The highest BCUT2D eigenvalue weighted by atomic mass is 35.5. The van der Waals surface area contributed by atoms with Gasteiger partial charge in [-0.15, -0.1) is 0 Å². The van der Waals surface area contributed by atoms with Crippen molar-refractivity contribution >= 4 is 35.2 Å². The smallest absolute Gasteiger partial charge is 0.408 e. The molecule has 196 valence electrons. The number of para-hydroxylation sites is 2. The second kappa shape index (κ2) is 12.1. The number of aromatic hydroxyl groups is 1. The zero-order valence-electron chi connectivity index (χ0n) is 21.9. The molecule has 3 N–H and O–H groups in total. The van der Waals surface area contributed by atoms with Crippen LogP contribution in [0.25, 0.3) is 0 Å². The Morgan fingerprint density at radius 2 is 1.72 bits per heavy atom. The number of carbonyl (C=O) groups is 3. The first-order chi connectivity index (χ1) is 16.8. The number of hydrogen-bond acceptors (Lipinski definition) is 5. The molecule has 8 nitrogen and oxygen atoms in total. The Hall–Kier alpha value is -3.26. The fourth-order valence-electron chi connectivity index (χ4n) is 3.74. The molecule has 0 saturated heterocycles. The number of phenols is 1. The second-order valence-electron chi connectivity index (χ2n) is 9.87. The molecule has 0 heterocycles. The molecule has 0 radical (unpaired) electrons. The van der Waals surface area contributed by atoms with Gasteiger partial charge in [-0.3, -0.25) is 9.59 Å². The molecule has 9 heteroatoms. The summed E-state index contributed by atoms with van der Waals surface area (Å²) in [4.78, 5) is 41.3. The number of rotatable bonds is 8. The number of anilines is 1. The SMILES string of the molecule is CCN(C(=O)C(NC(=O)OC(C)(C)C)C(C)C)C(C(=O)Nc1c(C)cccc1Cl)c1ccccc1O. The summed E-state index contributed by atoms with van der Waals surface area (Å²) in [6, 6.07) is 9.40. The van der Waals surface area contributed by atoms with Crippen LogP contribution in [0.3, 0.4) is 0 Å². The molecule has 0 spiro atoms. The van der Waals surface area contributed by atoms with E-state index in [1.54, 1.807) is 84.9 Å². The van der Waals surface area contributed by atoms with Crippen molar-refractivity contribution in [3.8, 4) is 5.75 Å². The van der Waals surface area contributed by atoms with Gasteiger partial charge in [0, 0.05) is 12.1 Å². The van der Waals surface area contributed by atoms with Crippen LogP contribution in [-0.4, -0.2) is 46.1 Å². The summed E-state index contributed by atoms with van der Waals surface area (Å²) in [6.45, 7) is 12.4. The Kier molecular flexibility index (Phi) is 9.76. The Morgan fingerprint density at radius 1 is 1.08 bits per heavy atom. The van der Waals surface area contributed by atoms with Crippen molar-refractivity contribution in [3.05, 3.63) is 58.6 Å². The molecule has 0 saturated carbocycles. The maximum atomic E-state index is 13.8. The number of phenolic OH excluding ortho intramolecular Hbond substituents is 1. The van der Waals surface area contributed by atoms with E-state index in [4.69, 9.17) is 16.3 Å². The number of ether oxygens (including phenoxy) is 1. The average molecular weight is 518 g/mol. The van der Waals surface area contributed by atoms with Gasteiger partial charge >= 0.3 is 6.09 Å². The predicted molar refractivity (Wildman–Crippen MR) is 141 cm³/mol. The van der Waals surface area contributed by atoms with E-state index >= 15 is 0 Å². The molecule has 2 rings (SSSR count). The van der Waals surface area contributed by atoms with E-state index in [1.165, 1.54) is 11.0 Å². The lowest BCUT2D eigenvalue weighted by molar-refractivity contribution is -0.141. The molecule has 0 aliphatic rings. The molecule has 36 heavy (non-hydrogen) atoms. The van der Waals surface area contributed by atoms with Crippen molar-refractivity contribution in [2.45, 2.75) is 66.2 Å². The molecule has 0 aromatic heterocycles. The summed E-state index contributed by atoms with van der Waals surface area (Å²) in [5, 5.41) is 16.4. The summed E-state index contributed by atoms with van der Waals surface area (Å²) in [5.41, 5.74) is 0.660. The van der Waals surface area contributed by atoms with Gasteiger partial charge in [-0.2, -0.15) is 0 Å². The standard InChI is InChI=1S/C27H36ClN3O5/c1-8-31(25(34)21(16(2)3)30-26(35)36-27(5,6)7)23(18-13-9-10-15-20(18)32)24(33)29-22-17(4)12-11-14-19(22)28/h9-16,21,23,32H,8H2,1-7H3,(H,29,33)(H,30,35). The van der Waals surface area contributed by atoms with Crippen molar-refractivity contribution < 1.29 is 24.2 Å². The largest absolute Gasteiger partial charge is 0.508 e. The van der Waals surface area contributed by atoms with Gasteiger partial charge in [0.05, 0.1) is 10.7 Å². The summed E-state index contributed by atoms with van der Waals surface area (Å²) >= 11 is 6.33. The lowest BCUT2D eigenvalue weighted by Crippen LogP contribution is -2.54. The zero-order chi connectivity index (χ0) is 27.2. The first-order valence-electron chi connectivity index (χ1n) is 11.9. The molecule has 3 amide bonds. The van der Waals surface area contributed by atoms with E-state index in [2.05, 4.69) is 10.6 Å². The average Bonchev–Trinajstić information content (AvgIpc) is 2.77. The quantitative estimate of drug-likeness (QED) is 0.432. The van der Waals surface area contributed by atoms with Gasteiger partial charge in [0.1, 0.15) is 23.4 Å². The Bertz CT molecular complexity index is 1080. The highest BCUT2D eigenvalue weighted by Gasteiger charge is 2.38. The zero-order valence-corrected chi connectivity index (χ0v) is 22.6. The Morgan fingerprint density at radius 3 is 2.25 bits per heavy atom. The van der Waals surface area contributed by atoms with E-state index in [9.17, 15) is 19.5 Å².